The number of carbonyl (C=O) groups is 1. The molecule has 0 spiro atoms. The minimum Gasteiger partial charge on any atom is -0.368 e. The Morgan fingerprint density at radius 3 is 2.47 bits per heavy atom. The lowest BCUT2D eigenvalue weighted by Crippen LogP contribution is -2.35. The number of nitrogens with two attached hydrogens (primary N) is 1. The van der Waals surface area contributed by atoms with Crippen LogP contribution < -0.4 is 16.0 Å². The van der Waals surface area contributed by atoms with Crippen molar-refractivity contribution >= 4 is 11.6 Å². The van der Waals surface area contributed by atoms with Gasteiger partial charge in [-0.15, -0.1) is 0 Å². The summed E-state index contributed by atoms with van der Waals surface area (Å²) in [5.41, 5.74) is 8.75. The van der Waals surface area contributed by atoms with Crippen molar-refractivity contribution < 1.29 is 4.79 Å². The molecule has 0 saturated carbocycles. The van der Waals surface area contributed by atoms with Gasteiger partial charge in [0.25, 0.3) is 0 Å². The lowest BCUT2D eigenvalue weighted by atomic mass is 10.1. The number of amides is 1. The number of benzene rings is 1. The second-order valence-corrected chi connectivity index (χ2v) is 6.05. The van der Waals surface area contributed by atoms with Crippen molar-refractivity contribution in [3.8, 4) is 0 Å². The number of carbonyl (C=O) groups excluding carboxylic acids is 1. The Balaban J connectivity index is 2.77. The van der Waals surface area contributed by atoms with Gasteiger partial charge in [0.1, 0.15) is 0 Å². The van der Waals surface area contributed by atoms with Gasteiger partial charge in [-0.25, -0.2) is 0 Å². The molecule has 0 unspecified atom stereocenters. The Morgan fingerprint density at radius 2 is 2.00 bits per heavy atom. The number of aryl methyl sites for hydroxylation is 1. The normalized spacial score (nSPS) is 11.4. The van der Waals surface area contributed by atoms with Crippen LogP contribution >= 0.6 is 0 Å². The number of hydrogen-bond donors (Lipinski definition) is 2. The Morgan fingerprint density at radius 1 is 1.37 bits per heavy atom. The number of hydrogen-bond acceptors (Lipinski definition) is 3. The summed E-state index contributed by atoms with van der Waals surface area (Å²) in [6.45, 7) is 9.57. The van der Waals surface area contributed by atoms with Gasteiger partial charge in [-0.2, -0.15) is 0 Å². The quantitative estimate of drug-likeness (QED) is 0.851. The van der Waals surface area contributed by atoms with Crippen molar-refractivity contribution in [3.63, 3.8) is 0 Å². The number of anilines is 1. The molecule has 106 valence electrons. The molecule has 0 heterocycles. The van der Waals surface area contributed by atoms with Crippen LogP contribution in [0.5, 0.6) is 0 Å². The van der Waals surface area contributed by atoms with Crippen molar-refractivity contribution in [2.24, 2.45) is 5.73 Å². The molecule has 1 rings (SSSR count). The minimum atomic E-state index is -0.319. The highest BCUT2D eigenvalue weighted by atomic mass is 16.1. The molecule has 19 heavy (non-hydrogen) atoms. The van der Waals surface area contributed by atoms with Gasteiger partial charge in [0, 0.05) is 24.8 Å². The predicted octanol–water partition coefficient (Wildman–Crippen LogP) is 1.80. The van der Waals surface area contributed by atoms with Gasteiger partial charge in [0.05, 0.1) is 6.54 Å². The minimum absolute atomic E-state index is 0.106. The molecule has 0 bridgehead atoms. The summed E-state index contributed by atoms with van der Waals surface area (Å²) in [5.74, 6) is -0.319. The van der Waals surface area contributed by atoms with Crippen molar-refractivity contribution in [2.75, 3.05) is 18.5 Å². The van der Waals surface area contributed by atoms with Gasteiger partial charge in [-0.05, 0) is 44.9 Å². The van der Waals surface area contributed by atoms with Gasteiger partial charge in [-0.3, -0.25) is 4.79 Å². The third-order valence-corrected chi connectivity index (χ3v) is 2.89. The first kappa shape index (κ1) is 15.5. The SMILES string of the molecule is Cc1cc(CNC(C)(C)C)ccc1N(C)CC(N)=O. The number of likely N-dealkylation sites (N-methyl/N-ethyl adjacent to an activating group) is 1. The zero-order valence-corrected chi connectivity index (χ0v) is 12.6. The second-order valence-electron chi connectivity index (χ2n) is 6.05. The molecule has 0 saturated heterocycles. The fourth-order valence-electron chi connectivity index (χ4n) is 1.94. The summed E-state index contributed by atoms with van der Waals surface area (Å²) in [6.07, 6.45) is 0. The molecule has 0 radical (unpaired) electrons. The van der Waals surface area contributed by atoms with E-state index in [-0.39, 0.29) is 18.0 Å². The van der Waals surface area contributed by atoms with Gasteiger partial charge < -0.3 is 16.0 Å². The maximum Gasteiger partial charge on any atom is 0.236 e. The number of nitrogens with one attached hydrogen (secondary N) is 1. The number of rotatable bonds is 5. The summed E-state index contributed by atoms with van der Waals surface area (Å²) >= 11 is 0. The number of nitrogens with zero attached hydrogens (tertiary/aromatic N) is 1. The molecule has 1 amide bonds. The standard InChI is InChI=1S/C15H25N3O/c1-11-8-12(9-17-15(2,3)4)6-7-13(11)18(5)10-14(16)19/h6-8,17H,9-10H2,1-5H3,(H2,16,19). The molecule has 0 aromatic heterocycles. The Bertz CT molecular complexity index is 449. The van der Waals surface area contributed by atoms with E-state index < -0.39 is 0 Å². The number of primary amides is 1. The van der Waals surface area contributed by atoms with Crippen LogP contribution in [0.2, 0.25) is 0 Å². The maximum atomic E-state index is 10.9. The van der Waals surface area contributed by atoms with E-state index in [0.29, 0.717) is 0 Å². The molecule has 3 N–H and O–H groups in total. The first-order chi connectivity index (χ1) is 8.69. The average Bonchev–Trinajstić information content (AvgIpc) is 2.24. The fraction of sp³-hybridized carbons (Fsp3) is 0.533. The van der Waals surface area contributed by atoms with E-state index in [1.807, 2.05) is 24.9 Å². The molecule has 4 nitrogen and oxygen atoms in total. The van der Waals surface area contributed by atoms with E-state index in [1.165, 1.54) is 5.56 Å². The van der Waals surface area contributed by atoms with Gasteiger partial charge in [0.2, 0.25) is 5.91 Å². The van der Waals surface area contributed by atoms with E-state index >= 15 is 0 Å². The second kappa shape index (κ2) is 6.06. The van der Waals surface area contributed by atoms with Gasteiger partial charge in [0.15, 0.2) is 0 Å². The zero-order valence-electron chi connectivity index (χ0n) is 12.6. The smallest absolute Gasteiger partial charge is 0.236 e. The van der Waals surface area contributed by atoms with Crippen LogP contribution in [0.25, 0.3) is 0 Å². The predicted molar refractivity (Wildman–Crippen MR) is 80.2 cm³/mol. The van der Waals surface area contributed by atoms with Crippen LogP contribution in [0.1, 0.15) is 31.9 Å². The third-order valence-electron chi connectivity index (χ3n) is 2.89. The van der Waals surface area contributed by atoms with Gasteiger partial charge >= 0.3 is 0 Å². The van der Waals surface area contributed by atoms with Crippen LogP contribution in [0.3, 0.4) is 0 Å². The van der Waals surface area contributed by atoms with E-state index in [2.05, 4.69) is 38.2 Å². The molecule has 0 aliphatic carbocycles. The van der Waals surface area contributed by atoms with Crippen LogP contribution in [0.4, 0.5) is 5.69 Å². The highest BCUT2D eigenvalue weighted by Crippen LogP contribution is 2.20. The summed E-state index contributed by atoms with van der Waals surface area (Å²) in [7, 11) is 1.88. The first-order valence-corrected chi connectivity index (χ1v) is 6.53. The summed E-state index contributed by atoms with van der Waals surface area (Å²) in [6, 6.07) is 6.27. The van der Waals surface area contributed by atoms with Crippen LogP contribution in [-0.4, -0.2) is 25.0 Å². The van der Waals surface area contributed by atoms with Crippen LogP contribution in [0, 0.1) is 6.92 Å². The molecule has 1 aromatic carbocycles. The van der Waals surface area contributed by atoms with E-state index in [4.69, 9.17) is 5.73 Å². The topological polar surface area (TPSA) is 58.4 Å². The Hall–Kier alpha value is -1.55. The highest BCUT2D eigenvalue weighted by Gasteiger charge is 2.10. The first-order valence-electron chi connectivity index (χ1n) is 6.53. The van der Waals surface area contributed by atoms with Gasteiger partial charge in [-0.1, -0.05) is 12.1 Å². The molecular weight excluding hydrogens is 238 g/mol. The fourth-order valence-corrected chi connectivity index (χ4v) is 1.94. The third kappa shape index (κ3) is 5.30. The highest BCUT2D eigenvalue weighted by molar-refractivity contribution is 5.79. The molecule has 0 aliphatic heterocycles. The lowest BCUT2D eigenvalue weighted by Gasteiger charge is -2.23. The lowest BCUT2D eigenvalue weighted by molar-refractivity contribution is -0.116. The van der Waals surface area contributed by atoms with Crippen molar-refractivity contribution in [3.05, 3.63) is 29.3 Å². The molecule has 0 aliphatic rings. The summed E-state index contributed by atoms with van der Waals surface area (Å²) < 4.78 is 0. The maximum absolute atomic E-state index is 10.9. The molecule has 4 heteroatoms. The van der Waals surface area contributed by atoms with Crippen molar-refractivity contribution in [1.29, 1.82) is 0 Å². The summed E-state index contributed by atoms with van der Waals surface area (Å²) in [5, 5.41) is 3.46. The Labute approximate surface area is 116 Å². The van der Waals surface area contributed by atoms with E-state index in [9.17, 15) is 4.79 Å². The zero-order chi connectivity index (χ0) is 14.6. The monoisotopic (exact) mass is 263 g/mol. The Kier molecular flexibility index (Phi) is 4.95. The molecule has 1 aromatic rings. The average molecular weight is 263 g/mol. The van der Waals surface area contributed by atoms with Crippen molar-refractivity contribution in [1.82, 2.24) is 5.32 Å². The van der Waals surface area contributed by atoms with Crippen LogP contribution in [-0.2, 0) is 11.3 Å². The molecule has 0 fully saturated rings. The largest absolute Gasteiger partial charge is 0.368 e. The van der Waals surface area contributed by atoms with E-state index in [0.717, 1.165) is 17.8 Å². The van der Waals surface area contributed by atoms with Crippen LogP contribution in [0.15, 0.2) is 18.2 Å². The van der Waals surface area contributed by atoms with Crippen molar-refractivity contribution in [2.45, 2.75) is 39.8 Å². The van der Waals surface area contributed by atoms with E-state index in [1.54, 1.807) is 0 Å². The molecular formula is C15H25N3O. The molecule has 0 atom stereocenters. The summed E-state index contributed by atoms with van der Waals surface area (Å²) in [4.78, 5) is 12.8.